The first-order chi connectivity index (χ1) is 26.8. The van der Waals surface area contributed by atoms with Gasteiger partial charge in [-0.2, -0.15) is 13.2 Å². The molecular formula is C40H43F8N5O4. The Balaban J connectivity index is 1.02. The summed E-state index contributed by atoms with van der Waals surface area (Å²) in [4.78, 5) is 36.4. The lowest BCUT2D eigenvalue weighted by atomic mass is 9.47. The van der Waals surface area contributed by atoms with Crippen LogP contribution in [0.25, 0.3) is 22.3 Å². The zero-order valence-electron chi connectivity index (χ0n) is 30.9. The number of nitrogens with zero attached hydrogens (tertiary/aromatic N) is 4. The zero-order chi connectivity index (χ0) is 40.3. The van der Waals surface area contributed by atoms with E-state index in [1.165, 1.54) is 6.20 Å². The van der Waals surface area contributed by atoms with Gasteiger partial charge >= 0.3 is 12.1 Å². The first-order valence-corrected chi connectivity index (χ1v) is 19.8. The normalized spacial score (nSPS) is 33.6. The van der Waals surface area contributed by atoms with Crippen molar-refractivity contribution in [2.24, 2.45) is 17.8 Å². The maximum atomic E-state index is 15.5. The second kappa shape index (κ2) is 13.2. The number of benzene rings is 1. The first kappa shape index (κ1) is 38.5. The Labute approximate surface area is 322 Å². The summed E-state index contributed by atoms with van der Waals surface area (Å²) in [7, 11) is 0. The third kappa shape index (κ3) is 6.82. The lowest BCUT2D eigenvalue weighted by Gasteiger charge is -2.61. The first-order valence-electron chi connectivity index (χ1n) is 19.8. The number of rotatable bonds is 8. The van der Waals surface area contributed by atoms with Gasteiger partial charge in [-0.1, -0.05) is 0 Å². The summed E-state index contributed by atoms with van der Waals surface area (Å²) in [5, 5.41) is 13.3. The molecule has 2 atom stereocenters. The van der Waals surface area contributed by atoms with Crippen LogP contribution in [0.2, 0.25) is 0 Å². The highest BCUT2D eigenvalue weighted by Gasteiger charge is 2.67. The minimum atomic E-state index is -5.17. The van der Waals surface area contributed by atoms with Crippen molar-refractivity contribution in [3.8, 4) is 17.1 Å². The molecule has 308 valence electrons. The average Bonchev–Trinajstić information content (AvgIpc) is 3.50. The molecule has 2 N–H and O–H groups in total. The molecule has 7 aliphatic rings. The second-order valence-corrected chi connectivity index (χ2v) is 17.6. The van der Waals surface area contributed by atoms with E-state index in [9.17, 15) is 45.4 Å². The molecule has 3 aromatic rings. The van der Waals surface area contributed by atoms with E-state index in [4.69, 9.17) is 4.74 Å². The van der Waals surface area contributed by atoms with E-state index < -0.39 is 70.2 Å². The summed E-state index contributed by atoms with van der Waals surface area (Å²) in [5.41, 5.74) is -5.39. The van der Waals surface area contributed by atoms with Gasteiger partial charge in [0.1, 0.15) is 17.0 Å². The fourth-order valence-electron chi connectivity index (χ4n) is 11.3. The number of hydrogen-bond acceptors (Lipinski definition) is 6. The molecule has 10 rings (SSSR count). The van der Waals surface area contributed by atoms with Gasteiger partial charge in [0.25, 0.3) is 11.8 Å². The van der Waals surface area contributed by atoms with Gasteiger partial charge in [0.2, 0.25) is 5.92 Å². The van der Waals surface area contributed by atoms with Gasteiger partial charge in [-0.3, -0.25) is 9.69 Å². The number of likely N-dealkylation sites (tertiary alicyclic amines) is 1. The number of halogens is 8. The molecule has 3 heterocycles. The van der Waals surface area contributed by atoms with Crippen LogP contribution in [0.4, 0.5) is 35.1 Å². The van der Waals surface area contributed by atoms with Gasteiger partial charge in [0, 0.05) is 54.3 Å². The van der Waals surface area contributed by atoms with Crippen LogP contribution in [0.3, 0.4) is 0 Å². The van der Waals surface area contributed by atoms with E-state index in [2.05, 4.69) is 15.3 Å². The molecule has 0 unspecified atom stereocenters. The Morgan fingerprint density at radius 2 is 1.54 bits per heavy atom. The van der Waals surface area contributed by atoms with Crippen molar-refractivity contribution in [1.82, 2.24) is 24.8 Å². The van der Waals surface area contributed by atoms with E-state index >= 15 is 4.39 Å². The molecule has 4 bridgehead atoms. The summed E-state index contributed by atoms with van der Waals surface area (Å²) in [6.07, 6.45) is -0.235. The summed E-state index contributed by atoms with van der Waals surface area (Å²) in [6, 6.07) is 4.62. The highest BCUT2D eigenvalue weighted by molar-refractivity contribution is 6.00. The maximum Gasteiger partial charge on any atom is 0.434 e. The van der Waals surface area contributed by atoms with Crippen molar-refractivity contribution in [1.29, 1.82) is 0 Å². The molecule has 0 radical (unpaired) electrons. The average molecular weight is 810 g/mol. The molecule has 17 heteroatoms. The van der Waals surface area contributed by atoms with Crippen molar-refractivity contribution in [2.45, 2.75) is 131 Å². The van der Waals surface area contributed by atoms with Gasteiger partial charge in [-0.25, -0.2) is 36.7 Å². The van der Waals surface area contributed by atoms with Gasteiger partial charge in [-0.15, -0.1) is 0 Å². The summed E-state index contributed by atoms with van der Waals surface area (Å²) < 4.78 is 123. The number of fused-ring (bicyclic) bond motifs is 1. The SMILES string of the molecule is O=C(N[C@]1(C(=O)O)[C@H]2CC3C[C@H]1C[C@@](F)(C3)C2)c1cnc(-c2cn(C3CCC(F)(F)CC3)c3cc(O[C@H]4CC[C@H](N5CC(F)(F)C5)CC4)ccc23)nc1C(F)(F)F. The van der Waals surface area contributed by atoms with E-state index in [0.29, 0.717) is 61.6 Å². The monoisotopic (exact) mass is 809 g/mol. The van der Waals surface area contributed by atoms with E-state index in [0.717, 1.165) is 6.20 Å². The van der Waals surface area contributed by atoms with Crippen molar-refractivity contribution >= 4 is 22.8 Å². The van der Waals surface area contributed by atoms with Crippen LogP contribution >= 0.6 is 0 Å². The highest BCUT2D eigenvalue weighted by atomic mass is 19.4. The molecule has 1 aliphatic heterocycles. The standard InChI is InChI=1S/C40H43F8N5O4/c41-36-14-21-11-22(15-36)39(35(55)56,23(12-21)16-36)51-34(54)29-17-49-33(50-32(29)40(46,47)48)30-18-53(25-7-9-37(42,43)10-8-25)31-13-27(5-6-28(30)31)57-26-3-1-24(2-4-26)52-19-38(44,45)20-52/h5-6,13,17-18,21-26H,1-4,7-12,14-16,19-20H2,(H,51,54)(H,55,56)/t21?,22-,23-,24-,26-,36-,39-/m0/s1. The fraction of sp³-hybridized carbons (Fsp3) is 0.650. The molecule has 57 heavy (non-hydrogen) atoms. The summed E-state index contributed by atoms with van der Waals surface area (Å²) in [6.45, 7) is -0.490. The number of carboxylic acid groups (broad SMARTS) is 1. The Bertz CT molecular complexity index is 2060. The number of aromatic nitrogens is 3. The third-order valence-electron chi connectivity index (χ3n) is 13.8. The van der Waals surface area contributed by atoms with Crippen molar-refractivity contribution in [3.63, 3.8) is 0 Å². The van der Waals surface area contributed by atoms with Crippen molar-refractivity contribution in [2.75, 3.05) is 13.1 Å². The molecule has 6 saturated carbocycles. The van der Waals surface area contributed by atoms with Gasteiger partial charge in [0.15, 0.2) is 11.5 Å². The third-order valence-corrected chi connectivity index (χ3v) is 13.8. The van der Waals surface area contributed by atoms with E-state index in [1.807, 2.05) is 0 Å². The molecular weight excluding hydrogens is 766 g/mol. The minimum Gasteiger partial charge on any atom is -0.490 e. The summed E-state index contributed by atoms with van der Waals surface area (Å²) in [5.74, 6) is -9.79. The lowest BCUT2D eigenvalue weighted by molar-refractivity contribution is -0.174. The quantitative estimate of drug-likeness (QED) is 0.220. The number of carbonyl (C=O) groups excluding carboxylic acids is 1. The Hall–Kier alpha value is -4.02. The number of hydrogen-bond donors (Lipinski definition) is 2. The molecule has 2 aromatic heterocycles. The Morgan fingerprint density at radius 3 is 2.14 bits per heavy atom. The topological polar surface area (TPSA) is 110 Å². The number of amides is 1. The summed E-state index contributed by atoms with van der Waals surface area (Å²) >= 11 is 0. The van der Waals surface area contributed by atoms with Crippen molar-refractivity contribution in [3.05, 3.63) is 41.9 Å². The molecule has 0 spiro atoms. The molecule has 6 aliphatic carbocycles. The van der Waals surface area contributed by atoms with Crippen molar-refractivity contribution < 1.29 is 54.6 Å². The smallest absolute Gasteiger partial charge is 0.434 e. The predicted octanol–water partition coefficient (Wildman–Crippen LogP) is 8.61. The van der Waals surface area contributed by atoms with Gasteiger partial charge in [-0.05, 0) is 101 Å². The predicted molar refractivity (Wildman–Crippen MR) is 189 cm³/mol. The maximum absolute atomic E-state index is 15.5. The number of nitrogens with one attached hydrogen (secondary N) is 1. The van der Waals surface area contributed by atoms with Crippen LogP contribution in [-0.2, 0) is 11.0 Å². The molecule has 1 amide bonds. The molecule has 1 saturated heterocycles. The van der Waals surface area contributed by atoms with E-state index in [1.54, 1.807) is 27.7 Å². The molecule has 1 aromatic carbocycles. The molecule has 7 fully saturated rings. The highest BCUT2D eigenvalue weighted by Crippen LogP contribution is 2.61. The number of alkyl halides is 8. The van der Waals surface area contributed by atoms with Crippen LogP contribution in [-0.4, -0.2) is 84.7 Å². The van der Waals surface area contributed by atoms with Crippen LogP contribution in [0, 0.1) is 17.8 Å². The van der Waals surface area contributed by atoms with Crippen LogP contribution in [0.1, 0.15) is 106 Å². The Morgan fingerprint density at radius 1 is 0.877 bits per heavy atom. The van der Waals surface area contributed by atoms with Gasteiger partial charge < -0.3 is 19.7 Å². The number of aliphatic carboxylic acids is 1. The number of carboxylic acids is 1. The largest absolute Gasteiger partial charge is 0.490 e. The van der Waals surface area contributed by atoms with Crippen LogP contribution in [0.5, 0.6) is 5.75 Å². The van der Waals surface area contributed by atoms with Crippen LogP contribution < -0.4 is 10.1 Å². The lowest BCUT2D eigenvalue weighted by Crippen LogP contribution is -2.72. The van der Waals surface area contributed by atoms with Gasteiger partial charge in [0.05, 0.1) is 30.3 Å². The zero-order valence-corrected chi connectivity index (χ0v) is 30.9. The van der Waals surface area contributed by atoms with Crippen LogP contribution in [0.15, 0.2) is 30.6 Å². The number of carbonyl (C=O) groups is 2. The van der Waals surface area contributed by atoms with E-state index in [-0.39, 0.29) is 81.1 Å². The number of ether oxygens (including phenoxy) is 1. The molecule has 9 nitrogen and oxygen atoms in total. The minimum absolute atomic E-state index is 0.0508. The fourth-order valence-corrected chi connectivity index (χ4v) is 11.3. The second-order valence-electron chi connectivity index (χ2n) is 17.6. The Kier molecular flexibility index (Phi) is 8.95.